The van der Waals surface area contributed by atoms with Gasteiger partial charge in [-0.25, -0.2) is 12.1 Å². The van der Waals surface area contributed by atoms with Crippen LogP contribution < -0.4 is 0 Å². The maximum absolute atomic E-state index is 5.51. The summed E-state index contributed by atoms with van der Waals surface area (Å²) in [5, 5.41) is 2.66. The number of rotatable bonds is 0. The standard InChI is InChI=1S/C9H7.C6H7.C3H6.2ClH.Ti/c1-2-5-9-7-3-6-8(9)4-1;1-6-4-2-3-5-6;1-3-2;;;/h1-7H;2-5H,1H3;1-2H3;2*1H;/q2*-1;;;;+2/p-2. The van der Waals surface area contributed by atoms with E-state index in [1.807, 2.05) is 26.0 Å². The van der Waals surface area contributed by atoms with Crippen molar-refractivity contribution in [2.24, 2.45) is 0 Å². The Morgan fingerprint density at radius 1 is 0.905 bits per heavy atom. The van der Waals surface area contributed by atoms with Gasteiger partial charge in [-0.1, -0.05) is 13.0 Å². The fourth-order valence-electron chi connectivity index (χ4n) is 1.54. The molecule has 3 rings (SSSR count). The number of benzene rings is 1. The third kappa shape index (κ3) is 7.78. The first kappa shape index (κ1) is 18.4. The first-order valence-electron chi connectivity index (χ1n) is 6.78. The molecular formula is C18H20Cl2Ti-2. The van der Waals surface area contributed by atoms with Crippen molar-refractivity contribution in [2.75, 3.05) is 0 Å². The zero-order valence-electron chi connectivity index (χ0n) is 12.6. The van der Waals surface area contributed by atoms with Gasteiger partial charge in [0.2, 0.25) is 0 Å². The smallest absolute Gasteiger partial charge is 0.0635 e. The Morgan fingerprint density at radius 2 is 1.57 bits per heavy atom. The zero-order valence-corrected chi connectivity index (χ0v) is 15.7. The molecule has 3 heteroatoms. The van der Waals surface area contributed by atoms with Crippen molar-refractivity contribution in [3.05, 3.63) is 72.3 Å². The summed E-state index contributed by atoms with van der Waals surface area (Å²) >= 11 is -1.60. The summed E-state index contributed by atoms with van der Waals surface area (Å²) in [4.78, 5) is 0. The maximum Gasteiger partial charge on any atom is -0.0635 e. The third-order valence-corrected chi connectivity index (χ3v) is 7.05. The average Bonchev–Trinajstić information content (AvgIpc) is 3.10. The molecule has 0 fully saturated rings. The second-order valence-electron chi connectivity index (χ2n) is 4.88. The summed E-state index contributed by atoms with van der Waals surface area (Å²) in [5.74, 6) is 0. The van der Waals surface area contributed by atoms with Crippen LogP contribution >= 0.6 is 18.6 Å². The second kappa shape index (κ2) is 10.1. The predicted octanol–water partition coefficient (Wildman–Crippen LogP) is 6.40. The van der Waals surface area contributed by atoms with Crippen LogP contribution in [0.5, 0.6) is 0 Å². The van der Waals surface area contributed by atoms with Gasteiger partial charge in [-0.05, 0) is 0 Å². The topological polar surface area (TPSA) is 0 Å². The normalized spacial score (nSPS) is 9.19. The van der Waals surface area contributed by atoms with Crippen LogP contribution in [-0.2, 0) is 15.3 Å². The molecular weight excluding hydrogens is 335 g/mol. The minimum absolute atomic E-state index is 1.21. The molecule has 0 aliphatic rings. The quantitative estimate of drug-likeness (QED) is 0.323. The molecule has 0 nitrogen and oxygen atoms in total. The molecule has 0 unspecified atom stereocenters. The molecule has 3 aromatic rings. The van der Waals surface area contributed by atoms with Crippen molar-refractivity contribution in [3.8, 4) is 0 Å². The van der Waals surface area contributed by atoms with Gasteiger partial charge in [0, 0.05) is 0 Å². The Hall–Kier alpha value is -0.656. The molecule has 112 valence electrons. The van der Waals surface area contributed by atoms with Gasteiger partial charge < -0.3 is 0 Å². The summed E-state index contributed by atoms with van der Waals surface area (Å²) in [6.07, 6.45) is 0. The Bertz CT molecular complexity index is 615. The fraction of sp³-hybridized carbons (Fsp3) is 0.167. The van der Waals surface area contributed by atoms with Crippen molar-refractivity contribution in [3.63, 3.8) is 0 Å². The molecule has 0 spiro atoms. The van der Waals surface area contributed by atoms with Gasteiger partial charge in [-0.2, -0.15) is 35.2 Å². The predicted molar refractivity (Wildman–Crippen MR) is 94.4 cm³/mol. The van der Waals surface area contributed by atoms with Crippen LogP contribution in [0, 0.1) is 6.92 Å². The number of fused-ring (bicyclic) bond motifs is 1. The summed E-state index contributed by atoms with van der Waals surface area (Å²) in [5.41, 5.74) is 1.34. The minimum atomic E-state index is -1.60. The summed E-state index contributed by atoms with van der Waals surface area (Å²) in [7, 11) is 11.0. The molecule has 0 amide bonds. The molecule has 0 bridgehead atoms. The Morgan fingerprint density at radius 3 is 2.00 bits per heavy atom. The number of hydrogen-bond acceptors (Lipinski definition) is 0. The largest absolute Gasteiger partial charge is 0.213 e. The molecule has 0 heterocycles. The van der Waals surface area contributed by atoms with E-state index in [2.05, 4.69) is 61.5 Å². The second-order valence-corrected chi connectivity index (χ2v) is 11.2. The summed E-state index contributed by atoms with van der Waals surface area (Å²) < 4.78 is 1.21. The first-order chi connectivity index (χ1) is 10.0. The number of aryl methyl sites for hydroxylation is 1. The molecule has 0 aromatic heterocycles. The maximum atomic E-state index is 5.51. The Balaban J connectivity index is 0.000000164. The van der Waals surface area contributed by atoms with Crippen LogP contribution in [0.15, 0.2) is 66.7 Å². The number of hydrogen-bond donors (Lipinski definition) is 0. The average molecular weight is 355 g/mol. The van der Waals surface area contributed by atoms with Crippen molar-refractivity contribution >= 4 is 33.2 Å². The SMILES string of the molecule is C[C](C)=[Ti]([Cl])[Cl].Cc1ccc[cH-]1.c1ccc2[cH-]ccc2c1. The molecule has 0 N–H and O–H groups in total. The van der Waals surface area contributed by atoms with Crippen LogP contribution in [0.25, 0.3) is 10.8 Å². The van der Waals surface area contributed by atoms with Gasteiger partial charge >= 0.3 is 51.6 Å². The van der Waals surface area contributed by atoms with E-state index < -0.39 is 15.3 Å². The van der Waals surface area contributed by atoms with E-state index in [4.69, 9.17) is 18.6 Å². The van der Waals surface area contributed by atoms with Crippen molar-refractivity contribution < 1.29 is 15.3 Å². The van der Waals surface area contributed by atoms with E-state index in [1.165, 1.54) is 20.1 Å². The van der Waals surface area contributed by atoms with E-state index >= 15 is 0 Å². The van der Waals surface area contributed by atoms with Crippen molar-refractivity contribution in [1.29, 1.82) is 0 Å². The van der Waals surface area contributed by atoms with Crippen LogP contribution in [0.2, 0.25) is 0 Å². The molecule has 0 saturated carbocycles. The van der Waals surface area contributed by atoms with Gasteiger partial charge in [0.25, 0.3) is 0 Å². The van der Waals surface area contributed by atoms with Gasteiger partial charge in [0.1, 0.15) is 0 Å². The molecule has 0 aliphatic carbocycles. The fourth-order valence-corrected chi connectivity index (χ4v) is 1.54. The van der Waals surface area contributed by atoms with E-state index in [1.54, 1.807) is 0 Å². The van der Waals surface area contributed by atoms with Crippen molar-refractivity contribution in [2.45, 2.75) is 20.8 Å². The van der Waals surface area contributed by atoms with Gasteiger partial charge in [0.15, 0.2) is 0 Å². The summed E-state index contributed by atoms with van der Waals surface area (Å²) in [6, 6.07) is 22.9. The molecule has 0 radical (unpaired) electrons. The van der Waals surface area contributed by atoms with Crippen LogP contribution in [-0.4, -0.2) is 3.81 Å². The van der Waals surface area contributed by atoms with E-state index in [0.717, 1.165) is 0 Å². The molecule has 21 heavy (non-hydrogen) atoms. The van der Waals surface area contributed by atoms with Crippen LogP contribution in [0.3, 0.4) is 0 Å². The van der Waals surface area contributed by atoms with Gasteiger partial charge in [-0.3, -0.25) is 0 Å². The Labute approximate surface area is 141 Å². The summed E-state index contributed by atoms with van der Waals surface area (Å²) in [6.45, 7) is 6.02. The molecule has 0 aliphatic heterocycles. The zero-order chi connectivity index (χ0) is 15.7. The first-order valence-corrected chi connectivity index (χ1v) is 11.9. The minimum Gasteiger partial charge on any atom is -0.213 e. The van der Waals surface area contributed by atoms with Crippen molar-refractivity contribution in [1.82, 2.24) is 0 Å². The van der Waals surface area contributed by atoms with Crippen LogP contribution in [0.1, 0.15) is 19.4 Å². The van der Waals surface area contributed by atoms with Gasteiger partial charge in [-0.15, -0.1) is 29.7 Å². The third-order valence-electron chi connectivity index (χ3n) is 2.75. The van der Waals surface area contributed by atoms with E-state index in [-0.39, 0.29) is 0 Å². The monoisotopic (exact) mass is 354 g/mol. The van der Waals surface area contributed by atoms with E-state index in [9.17, 15) is 0 Å². The Kier molecular flexibility index (Phi) is 8.88. The van der Waals surface area contributed by atoms with Gasteiger partial charge in [0.05, 0.1) is 0 Å². The molecule has 0 saturated heterocycles. The van der Waals surface area contributed by atoms with Crippen LogP contribution in [0.4, 0.5) is 0 Å². The molecule has 3 aromatic carbocycles. The van der Waals surface area contributed by atoms with E-state index in [0.29, 0.717) is 0 Å². The molecule has 0 atom stereocenters. The number of halogens is 2.